The van der Waals surface area contributed by atoms with Crippen molar-refractivity contribution in [1.82, 2.24) is 5.32 Å². The van der Waals surface area contributed by atoms with Gasteiger partial charge in [-0.1, -0.05) is 24.3 Å². The molecule has 1 amide bonds. The molecule has 0 aromatic heterocycles. The van der Waals surface area contributed by atoms with Gasteiger partial charge in [-0.3, -0.25) is 4.79 Å². The van der Waals surface area contributed by atoms with Gasteiger partial charge in [0, 0.05) is 13.0 Å². The molecule has 0 saturated carbocycles. The van der Waals surface area contributed by atoms with E-state index in [9.17, 15) is 9.90 Å². The summed E-state index contributed by atoms with van der Waals surface area (Å²) in [5, 5.41) is 12.3. The summed E-state index contributed by atoms with van der Waals surface area (Å²) in [5.41, 5.74) is 2.12. The third kappa shape index (κ3) is 5.13. The van der Waals surface area contributed by atoms with E-state index in [4.69, 9.17) is 4.74 Å². The Labute approximate surface area is 130 Å². The number of amides is 1. The molecule has 22 heavy (non-hydrogen) atoms. The van der Waals surface area contributed by atoms with Crippen LogP contribution < -0.4 is 10.1 Å². The van der Waals surface area contributed by atoms with Crippen LogP contribution in [0.25, 0.3) is 0 Å². The molecule has 0 bridgehead atoms. The maximum absolute atomic E-state index is 11.8. The van der Waals surface area contributed by atoms with Crippen molar-refractivity contribution in [2.45, 2.75) is 19.3 Å². The zero-order valence-electron chi connectivity index (χ0n) is 12.7. The summed E-state index contributed by atoms with van der Waals surface area (Å²) >= 11 is 0. The Hall–Kier alpha value is -2.49. The monoisotopic (exact) mass is 299 g/mol. The highest BCUT2D eigenvalue weighted by molar-refractivity contribution is 5.76. The topological polar surface area (TPSA) is 58.6 Å². The molecule has 2 aromatic carbocycles. The lowest BCUT2D eigenvalue weighted by atomic mass is 10.1. The Bertz CT molecular complexity index is 608. The minimum atomic E-state index is 0.0379. The van der Waals surface area contributed by atoms with Crippen molar-refractivity contribution in [1.29, 1.82) is 0 Å². The number of phenols is 1. The molecule has 0 aliphatic rings. The van der Waals surface area contributed by atoms with Crippen molar-refractivity contribution in [3.05, 3.63) is 59.7 Å². The summed E-state index contributed by atoms with van der Waals surface area (Å²) < 4.78 is 5.10. The second-order valence-electron chi connectivity index (χ2n) is 5.12. The molecule has 0 heterocycles. The molecular weight excluding hydrogens is 278 g/mol. The predicted molar refractivity (Wildman–Crippen MR) is 86.1 cm³/mol. The Morgan fingerprint density at radius 2 is 1.86 bits per heavy atom. The van der Waals surface area contributed by atoms with Crippen molar-refractivity contribution < 1.29 is 14.6 Å². The van der Waals surface area contributed by atoms with Crippen LogP contribution in [0.15, 0.2) is 48.5 Å². The number of nitrogens with one attached hydrogen (secondary N) is 1. The molecule has 2 aromatic rings. The van der Waals surface area contributed by atoms with Gasteiger partial charge in [0.1, 0.15) is 11.5 Å². The van der Waals surface area contributed by atoms with Gasteiger partial charge in [0.05, 0.1) is 7.11 Å². The van der Waals surface area contributed by atoms with E-state index >= 15 is 0 Å². The Morgan fingerprint density at radius 3 is 2.55 bits per heavy atom. The molecule has 0 fully saturated rings. The molecular formula is C18H21NO3. The Balaban J connectivity index is 1.69. The SMILES string of the molecule is COc1ccc(CCC(=O)NCCc2cccc(O)c2)cc1. The van der Waals surface area contributed by atoms with Gasteiger partial charge in [0.15, 0.2) is 0 Å². The predicted octanol–water partition coefficient (Wildman–Crippen LogP) is 2.69. The van der Waals surface area contributed by atoms with Crippen LogP contribution in [0, 0.1) is 0 Å². The van der Waals surface area contributed by atoms with Crippen LogP contribution in [0.1, 0.15) is 17.5 Å². The minimum absolute atomic E-state index is 0.0379. The fourth-order valence-corrected chi connectivity index (χ4v) is 2.20. The number of phenolic OH excluding ortho intramolecular Hbond substituents is 1. The van der Waals surface area contributed by atoms with E-state index in [1.807, 2.05) is 30.3 Å². The number of benzene rings is 2. The molecule has 4 nitrogen and oxygen atoms in total. The van der Waals surface area contributed by atoms with Crippen LogP contribution in [0.3, 0.4) is 0 Å². The van der Waals surface area contributed by atoms with Crippen LogP contribution in [0.2, 0.25) is 0 Å². The van der Waals surface area contributed by atoms with Gasteiger partial charge < -0.3 is 15.2 Å². The highest BCUT2D eigenvalue weighted by Crippen LogP contribution is 2.13. The van der Waals surface area contributed by atoms with Crippen molar-refractivity contribution >= 4 is 5.91 Å². The van der Waals surface area contributed by atoms with Gasteiger partial charge in [0.2, 0.25) is 5.91 Å². The van der Waals surface area contributed by atoms with Crippen molar-refractivity contribution in [2.75, 3.05) is 13.7 Å². The Morgan fingerprint density at radius 1 is 1.09 bits per heavy atom. The number of ether oxygens (including phenoxy) is 1. The number of hydrogen-bond donors (Lipinski definition) is 2. The van der Waals surface area contributed by atoms with E-state index in [1.54, 1.807) is 25.3 Å². The number of carbonyl (C=O) groups is 1. The number of hydrogen-bond acceptors (Lipinski definition) is 3. The van der Waals surface area contributed by atoms with Gasteiger partial charge in [-0.2, -0.15) is 0 Å². The van der Waals surface area contributed by atoms with Crippen LogP contribution in [-0.2, 0) is 17.6 Å². The molecule has 0 radical (unpaired) electrons. The van der Waals surface area contributed by atoms with E-state index in [0.717, 1.165) is 16.9 Å². The van der Waals surface area contributed by atoms with E-state index < -0.39 is 0 Å². The van der Waals surface area contributed by atoms with Gasteiger partial charge in [-0.25, -0.2) is 0 Å². The highest BCUT2D eigenvalue weighted by atomic mass is 16.5. The number of aromatic hydroxyl groups is 1. The fraction of sp³-hybridized carbons (Fsp3) is 0.278. The molecule has 116 valence electrons. The van der Waals surface area contributed by atoms with E-state index in [1.165, 1.54) is 0 Å². The molecule has 4 heteroatoms. The lowest BCUT2D eigenvalue weighted by Gasteiger charge is -2.06. The van der Waals surface area contributed by atoms with Gasteiger partial charge in [-0.05, 0) is 48.2 Å². The summed E-state index contributed by atoms with van der Waals surface area (Å²) in [6.07, 6.45) is 1.89. The second-order valence-corrected chi connectivity index (χ2v) is 5.12. The average Bonchev–Trinajstić information content (AvgIpc) is 2.53. The number of methoxy groups -OCH3 is 1. The average molecular weight is 299 g/mol. The first-order chi connectivity index (χ1) is 10.7. The molecule has 0 saturated heterocycles. The first-order valence-electron chi connectivity index (χ1n) is 7.35. The Kier molecular flexibility index (Phi) is 5.83. The zero-order valence-corrected chi connectivity index (χ0v) is 12.7. The third-order valence-electron chi connectivity index (χ3n) is 3.45. The van der Waals surface area contributed by atoms with Gasteiger partial charge >= 0.3 is 0 Å². The summed E-state index contributed by atoms with van der Waals surface area (Å²) in [7, 11) is 1.63. The van der Waals surface area contributed by atoms with Crippen LogP contribution >= 0.6 is 0 Å². The molecule has 0 unspecified atom stereocenters. The van der Waals surface area contributed by atoms with E-state index in [0.29, 0.717) is 25.8 Å². The van der Waals surface area contributed by atoms with Gasteiger partial charge in [0.25, 0.3) is 0 Å². The molecule has 0 aliphatic carbocycles. The van der Waals surface area contributed by atoms with Crippen molar-refractivity contribution in [3.8, 4) is 11.5 Å². The summed E-state index contributed by atoms with van der Waals surface area (Å²) in [5.74, 6) is 1.11. The first-order valence-corrected chi connectivity index (χ1v) is 7.35. The smallest absolute Gasteiger partial charge is 0.220 e. The van der Waals surface area contributed by atoms with Crippen LogP contribution in [-0.4, -0.2) is 24.7 Å². The van der Waals surface area contributed by atoms with Crippen LogP contribution in [0.4, 0.5) is 0 Å². The quantitative estimate of drug-likeness (QED) is 0.826. The zero-order chi connectivity index (χ0) is 15.8. The molecule has 2 rings (SSSR count). The summed E-state index contributed by atoms with van der Waals surface area (Å²) in [6, 6.07) is 14.8. The number of rotatable bonds is 7. The second kappa shape index (κ2) is 8.08. The lowest BCUT2D eigenvalue weighted by Crippen LogP contribution is -2.25. The van der Waals surface area contributed by atoms with Crippen molar-refractivity contribution in [2.24, 2.45) is 0 Å². The minimum Gasteiger partial charge on any atom is -0.508 e. The van der Waals surface area contributed by atoms with E-state index in [2.05, 4.69) is 5.32 Å². The molecule has 0 aliphatic heterocycles. The normalized spacial score (nSPS) is 10.2. The number of carbonyl (C=O) groups excluding carboxylic acids is 1. The largest absolute Gasteiger partial charge is 0.508 e. The maximum atomic E-state index is 11.8. The summed E-state index contributed by atoms with van der Waals surface area (Å²) in [4.78, 5) is 11.8. The van der Waals surface area contributed by atoms with Crippen LogP contribution in [0.5, 0.6) is 11.5 Å². The highest BCUT2D eigenvalue weighted by Gasteiger charge is 2.03. The third-order valence-corrected chi connectivity index (χ3v) is 3.45. The number of aryl methyl sites for hydroxylation is 1. The standard InChI is InChI=1S/C18H21NO3/c1-22-17-8-5-14(6-9-17)7-10-18(21)19-12-11-15-3-2-4-16(20)13-15/h2-6,8-9,13,20H,7,10-12H2,1H3,(H,19,21). The molecule has 2 N–H and O–H groups in total. The van der Waals surface area contributed by atoms with Crippen molar-refractivity contribution in [3.63, 3.8) is 0 Å². The summed E-state index contributed by atoms with van der Waals surface area (Å²) in [6.45, 7) is 0.574. The lowest BCUT2D eigenvalue weighted by molar-refractivity contribution is -0.121. The first kappa shape index (κ1) is 15.9. The molecule has 0 atom stereocenters. The molecule has 0 spiro atoms. The fourth-order valence-electron chi connectivity index (χ4n) is 2.20. The van der Waals surface area contributed by atoms with E-state index in [-0.39, 0.29) is 11.7 Å². The maximum Gasteiger partial charge on any atom is 0.220 e. The van der Waals surface area contributed by atoms with Gasteiger partial charge in [-0.15, -0.1) is 0 Å².